The highest BCUT2D eigenvalue weighted by Gasteiger charge is 2.37. The molecule has 132 valence electrons. The first kappa shape index (κ1) is 16.8. The number of ether oxygens (including phenoxy) is 1. The molecule has 6 nitrogen and oxygen atoms in total. The molecule has 1 saturated heterocycles. The van der Waals surface area contributed by atoms with Crippen LogP contribution in [0.2, 0.25) is 5.02 Å². The number of carbonyl (C=O) groups excluding carboxylic acids is 3. The van der Waals surface area contributed by atoms with Crippen molar-refractivity contribution in [2.24, 2.45) is 5.92 Å². The maximum atomic E-state index is 12.6. The zero-order chi connectivity index (χ0) is 18.3. The number of amides is 3. The molecule has 0 radical (unpaired) electrons. The van der Waals surface area contributed by atoms with E-state index in [1.807, 2.05) is 0 Å². The van der Waals surface area contributed by atoms with Crippen molar-refractivity contribution in [2.45, 2.75) is 6.42 Å². The minimum Gasteiger partial charge on any atom is -0.381 e. The van der Waals surface area contributed by atoms with Gasteiger partial charge in [-0.25, -0.2) is 4.90 Å². The Hall–Kier alpha value is -2.70. The van der Waals surface area contributed by atoms with Crippen LogP contribution in [-0.2, 0) is 9.53 Å². The molecular formula is C19H15ClN2O4. The van der Waals surface area contributed by atoms with Crippen LogP contribution in [-0.4, -0.2) is 30.9 Å². The van der Waals surface area contributed by atoms with E-state index < -0.39 is 11.8 Å². The number of halogens is 1. The van der Waals surface area contributed by atoms with Crippen LogP contribution >= 0.6 is 11.6 Å². The van der Waals surface area contributed by atoms with Gasteiger partial charge in [0, 0.05) is 12.3 Å². The van der Waals surface area contributed by atoms with Gasteiger partial charge in [-0.1, -0.05) is 23.7 Å². The summed E-state index contributed by atoms with van der Waals surface area (Å²) < 4.78 is 5.21. The number of nitrogens with zero attached hydrogens (tertiary/aromatic N) is 1. The molecule has 2 heterocycles. The lowest BCUT2D eigenvalue weighted by molar-refractivity contribution is -0.119. The molecule has 0 aliphatic carbocycles. The lowest BCUT2D eigenvalue weighted by Crippen LogP contribution is -2.29. The Morgan fingerprint density at radius 3 is 2.38 bits per heavy atom. The van der Waals surface area contributed by atoms with Crippen LogP contribution in [0.3, 0.4) is 0 Å². The monoisotopic (exact) mass is 370 g/mol. The van der Waals surface area contributed by atoms with E-state index in [1.54, 1.807) is 36.4 Å². The quantitative estimate of drug-likeness (QED) is 0.842. The third-order valence-corrected chi connectivity index (χ3v) is 4.85. The summed E-state index contributed by atoms with van der Waals surface area (Å²) >= 11 is 6.30. The number of fused-ring (bicyclic) bond motifs is 1. The van der Waals surface area contributed by atoms with Crippen LogP contribution in [0.4, 0.5) is 11.4 Å². The van der Waals surface area contributed by atoms with E-state index in [0.29, 0.717) is 42.1 Å². The van der Waals surface area contributed by atoms with Gasteiger partial charge >= 0.3 is 0 Å². The van der Waals surface area contributed by atoms with Crippen LogP contribution in [0, 0.1) is 5.92 Å². The second-order valence-corrected chi connectivity index (χ2v) is 6.61. The van der Waals surface area contributed by atoms with Gasteiger partial charge in [0.15, 0.2) is 0 Å². The average Bonchev–Trinajstić information content (AvgIpc) is 3.25. The maximum absolute atomic E-state index is 12.6. The van der Waals surface area contributed by atoms with Crippen molar-refractivity contribution in [3.8, 4) is 0 Å². The van der Waals surface area contributed by atoms with Gasteiger partial charge in [-0.05, 0) is 36.8 Å². The first-order valence-corrected chi connectivity index (χ1v) is 8.60. The molecule has 0 bridgehead atoms. The molecule has 1 N–H and O–H groups in total. The van der Waals surface area contributed by atoms with Crippen molar-refractivity contribution in [1.29, 1.82) is 0 Å². The first-order chi connectivity index (χ1) is 12.6. The van der Waals surface area contributed by atoms with E-state index in [4.69, 9.17) is 16.3 Å². The number of nitrogens with one attached hydrogen (secondary N) is 1. The summed E-state index contributed by atoms with van der Waals surface area (Å²) in [5.41, 5.74) is 1.51. The SMILES string of the molecule is O=C(Nc1ccc(N2C(=O)c3ccccc3C2=O)c(Cl)c1)C1CCOC1. The van der Waals surface area contributed by atoms with E-state index in [0.717, 1.165) is 4.90 Å². The summed E-state index contributed by atoms with van der Waals surface area (Å²) in [5.74, 6) is -1.13. The van der Waals surface area contributed by atoms with E-state index in [-0.39, 0.29) is 16.8 Å². The molecular weight excluding hydrogens is 356 g/mol. The number of rotatable bonds is 3. The van der Waals surface area contributed by atoms with Crippen molar-refractivity contribution in [1.82, 2.24) is 0 Å². The Bertz CT molecular complexity index is 887. The number of benzene rings is 2. The molecule has 3 amide bonds. The fourth-order valence-electron chi connectivity index (χ4n) is 3.16. The fourth-order valence-corrected chi connectivity index (χ4v) is 3.42. The number of hydrogen-bond acceptors (Lipinski definition) is 4. The predicted molar refractivity (Wildman–Crippen MR) is 96.6 cm³/mol. The summed E-state index contributed by atoms with van der Waals surface area (Å²) in [4.78, 5) is 38.3. The Morgan fingerprint density at radius 2 is 1.81 bits per heavy atom. The Labute approximate surface area is 154 Å². The summed E-state index contributed by atoms with van der Waals surface area (Å²) in [6.45, 7) is 0.990. The molecule has 2 aromatic rings. The van der Waals surface area contributed by atoms with E-state index in [2.05, 4.69) is 5.32 Å². The molecule has 2 aliphatic rings. The van der Waals surface area contributed by atoms with Crippen LogP contribution < -0.4 is 10.2 Å². The van der Waals surface area contributed by atoms with Gasteiger partial charge < -0.3 is 10.1 Å². The van der Waals surface area contributed by atoms with Crippen LogP contribution in [0.1, 0.15) is 27.1 Å². The Balaban J connectivity index is 1.58. The van der Waals surface area contributed by atoms with Gasteiger partial charge in [0.1, 0.15) is 0 Å². The molecule has 26 heavy (non-hydrogen) atoms. The molecule has 4 rings (SSSR count). The summed E-state index contributed by atoms with van der Waals surface area (Å²) in [6, 6.07) is 11.4. The molecule has 2 aliphatic heterocycles. The molecule has 1 unspecified atom stereocenters. The molecule has 1 fully saturated rings. The standard InChI is InChI=1S/C19H15ClN2O4/c20-15-9-12(21-17(23)11-7-8-26-10-11)5-6-16(15)22-18(24)13-3-1-2-4-14(13)19(22)25/h1-6,9,11H,7-8,10H2,(H,21,23). The number of anilines is 2. The van der Waals surface area contributed by atoms with Crippen LogP contribution in [0.15, 0.2) is 42.5 Å². The van der Waals surface area contributed by atoms with Gasteiger partial charge in [-0.2, -0.15) is 0 Å². The van der Waals surface area contributed by atoms with Crippen molar-refractivity contribution < 1.29 is 19.1 Å². The third kappa shape index (κ3) is 2.77. The van der Waals surface area contributed by atoms with E-state index >= 15 is 0 Å². The smallest absolute Gasteiger partial charge is 0.266 e. The predicted octanol–water partition coefficient (Wildman–Crippen LogP) is 3.12. The second-order valence-electron chi connectivity index (χ2n) is 6.21. The molecule has 1 atom stereocenters. The van der Waals surface area contributed by atoms with Crippen molar-refractivity contribution in [2.75, 3.05) is 23.4 Å². The molecule has 0 saturated carbocycles. The normalized spacial score (nSPS) is 19.0. The van der Waals surface area contributed by atoms with Gasteiger partial charge in [0.05, 0.1) is 34.4 Å². The topological polar surface area (TPSA) is 75.7 Å². The van der Waals surface area contributed by atoms with Crippen LogP contribution in [0.25, 0.3) is 0 Å². The van der Waals surface area contributed by atoms with E-state index in [9.17, 15) is 14.4 Å². The summed E-state index contributed by atoms with van der Waals surface area (Å²) in [7, 11) is 0. The minimum atomic E-state index is -0.410. The third-order valence-electron chi connectivity index (χ3n) is 4.55. The van der Waals surface area contributed by atoms with Crippen LogP contribution in [0.5, 0.6) is 0 Å². The second kappa shape index (κ2) is 6.55. The molecule has 7 heteroatoms. The zero-order valence-electron chi connectivity index (χ0n) is 13.7. The summed E-state index contributed by atoms with van der Waals surface area (Å²) in [6.07, 6.45) is 0.687. The van der Waals surface area contributed by atoms with Crippen molar-refractivity contribution in [3.63, 3.8) is 0 Å². The van der Waals surface area contributed by atoms with Gasteiger partial charge in [-0.3, -0.25) is 14.4 Å². The highest BCUT2D eigenvalue weighted by molar-refractivity contribution is 6.40. The Kier molecular flexibility index (Phi) is 4.22. The van der Waals surface area contributed by atoms with Gasteiger partial charge in [0.25, 0.3) is 11.8 Å². The van der Waals surface area contributed by atoms with Gasteiger partial charge in [-0.15, -0.1) is 0 Å². The summed E-state index contributed by atoms with van der Waals surface area (Å²) in [5, 5.41) is 3.00. The first-order valence-electron chi connectivity index (χ1n) is 8.22. The van der Waals surface area contributed by atoms with Crippen molar-refractivity contribution in [3.05, 3.63) is 58.6 Å². The van der Waals surface area contributed by atoms with E-state index in [1.165, 1.54) is 6.07 Å². The maximum Gasteiger partial charge on any atom is 0.266 e. The largest absolute Gasteiger partial charge is 0.381 e. The minimum absolute atomic E-state index is 0.132. The fraction of sp³-hybridized carbons (Fsp3) is 0.211. The number of carbonyl (C=O) groups is 3. The number of hydrogen-bond donors (Lipinski definition) is 1. The lowest BCUT2D eigenvalue weighted by atomic mass is 10.1. The highest BCUT2D eigenvalue weighted by atomic mass is 35.5. The lowest BCUT2D eigenvalue weighted by Gasteiger charge is -2.17. The molecule has 0 aromatic heterocycles. The molecule has 2 aromatic carbocycles. The number of imide groups is 1. The van der Waals surface area contributed by atoms with Gasteiger partial charge in [0.2, 0.25) is 5.91 Å². The highest BCUT2D eigenvalue weighted by Crippen LogP contribution is 2.35. The molecule has 0 spiro atoms. The Morgan fingerprint density at radius 1 is 1.12 bits per heavy atom. The van der Waals surface area contributed by atoms with Crippen molar-refractivity contribution >= 4 is 40.7 Å². The zero-order valence-corrected chi connectivity index (χ0v) is 14.5. The average molecular weight is 371 g/mol.